The Balaban J connectivity index is 1.07. The van der Waals surface area contributed by atoms with Gasteiger partial charge in [0.05, 0.1) is 5.69 Å². The molecular formula is C30H23N5O3. The van der Waals surface area contributed by atoms with E-state index in [2.05, 4.69) is 20.3 Å². The van der Waals surface area contributed by atoms with Gasteiger partial charge in [-0.15, -0.1) is 0 Å². The number of rotatable bonds is 3. The zero-order valence-electron chi connectivity index (χ0n) is 20.5. The lowest BCUT2D eigenvalue weighted by atomic mass is 9.83. The van der Waals surface area contributed by atoms with Crippen molar-refractivity contribution in [2.75, 3.05) is 11.9 Å². The molecule has 2 fully saturated rings. The summed E-state index contributed by atoms with van der Waals surface area (Å²) in [6.45, 7) is 2.62. The number of nitrogens with one attached hydrogen (secondary N) is 4. The van der Waals surface area contributed by atoms with Crippen LogP contribution >= 0.6 is 0 Å². The number of fused-ring (bicyclic) bond motifs is 3. The summed E-state index contributed by atoms with van der Waals surface area (Å²) in [6.07, 6.45) is 4.50. The Morgan fingerprint density at radius 3 is 2.66 bits per heavy atom. The van der Waals surface area contributed by atoms with E-state index in [1.807, 2.05) is 67.7 Å². The summed E-state index contributed by atoms with van der Waals surface area (Å²) in [5.74, 6) is -0.129. The van der Waals surface area contributed by atoms with E-state index in [9.17, 15) is 14.4 Å². The average Bonchev–Trinajstić information content (AvgIpc) is 3.37. The Hall–Kier alpha value is -4.85. The molecule has 1 saturated heterocycles. The number of allylic oxidation sites excluding steroid dienone is 2. The summed E-state index contributed by atoms with van der Waals surface area (Å²) in [7, 11) is 0. The SMILES string of the molecule is Cc1c[nH]c2c1[C@@]13C[C@@H]1CN(C(=O)c1cc4cc(NC(=O)c5cc6ccccc6[nH]5)ccc4[nH]1)C3=CC2=O. The van der Waals surface area contributed by atoms with Gasteiger partial charge in [-0.2, -0.15) is 0 Å². The van der Waals surface area contributed by atoms with Gasteiger partial charge in [0.25, 0.3) is 11.8 Å². The molecule has 2 amide bonds. The molecule has 1 saturated carbocycles. The van der Waals surface area contributed by atoms with Gasteiger partial charge >= 0.3 is 0 Å². The molecule has 0 bridgehead atoms. The van der Waals surface area contributed by atoms with Gasteiger partial charge in [0.2, 0.25) is 5.78 Å². The molecule has 8 heteroatoms. The van der Waals surface area contributed by atoms with Crippen LogP contribution in [0.5, 0.6) is 0 Å². The molecule has 8 rings (SSSR count). The van der Waals surface area contributed by atoms with Crippen molar-refractivity contribution in [3.8, 4) is 0 Å². The van der Waals surface area contributed by atoms with Crippen molar-refractivity contribution in [1.29, 1.82) is 0 Å². The molecule has 0 radical (unpaired) electrons. The van der Waals surface area contributed by atoms with E-state index in [0.717, 1.165) is 45.1 Å². The molecule has 2 aromatic carbocycles. The molecule has 1 aliphatic heterocycles. The quantitative estimate of drug-likeness (QED) is 0.278. The summed E-state index contributed by atoms with van der Waals surface area (Å²) in [5, 5.41) is 4.73. The number of hydrogen-bond acceptors (Lipinski definition) is 3. The van der Waals surface area contributed by atoms with Crippen molar-refractivity contribution in [2.45, 2.75) is 18.8 Å². The lowest BCUT2D eigenvalue weighted by Crippen LogP contribution is -2.34. The van der Waals surface area contributed by atoms with Crippen LogP contribution in [0.1, 0.15) is 49.0 Å². The second kappa shape index (κ2) is 7.13. The molecule has 186 valence electrons. The minimum Gasteiger partial charge on any atom is -0.358 e. The highest BCUT2D eigenvalue weighted by molar-refractivity contribution is 6.10. The van der Waals surface area contributed by atoms with Gasteiger partial charge in [-0.1, -0.05) is 18.2 Å². The van der Waals surface area contributed by atoms with Crippen molar-refractivity contribution < 1.29 is 14.4 Å². The number of aromatic amines is 3. The Morgan fingerprint density at radius 1 is 1.00 bits per heavy atom. The van der Waals surface area contributed by atoms with Gasteiger partial charge in [-0.3, -0.25) is 14.4 Å². The van der Waals surface area contributed by atoms with Crippen LogP contribution < -0.4 is 5.32 Å². The Morgan fingerprint density at radius 2 is 1.79 bits per heavy atom. The largest absolute Gasteiger partial charge is 0.358 e. The number of anilines is 1. The molecule has 38 heavy (non-hydrogen) atoms. The zero-order chi connectivity index (χ0) is 25.8. The number of aryl methyl sites for hydroxylation is 1. The fourth-order valence-corrected chi connectivity index (χ4v) is 6.61. The number of amides is 2. The molecule has 1 spiro atoms. The highest BCUT2D eigenvalue weighted by atomic mass is 16.2. The number of carbonyl (C=O) groups excluding carboxylic acids is 3. The molecule has 2 atom stereocenters. The molecule has 3 aromatic heterocycles. The first kappa shape index (κ1) is 21.3. The predicted molar refractivity (Wildman–Crippen MR) is 143 cm³/mol. The van der Waals surface area contributed by atoms with Crippen LogP contribution in [0, 0.1) is 12.8 Å². The minimum absolute atomic E-state index is 0.0777. The van der Waals surface area contributed by atoms with Gasteiger partial charge in [-0.25, -0.2) is 0 Å². The molecule has 4 N–H and O–H groups in total. The monoisotopic (exact) mass is 501 g/mol. The predicted octanol–water partition coefficient (Wildman–Crippen LogP) is 5.03. The van der Waals surface area contributed by atoms with Gasteiger partial charge in [0, 0.05) is 57.4 Å². The maximum absolute atomic E-state index is 13.7. The third kappa shape index (κ3) is 2.77. The van der Waals surface area contributed by atoms with Gasteiger partial charge in [0.1, 0.15) is 11.4 Å². The average molecular weight is 502 g/mol. The van der Waals surface area contributed by atoms with E-state index in [4.69, 9.17) is 0 Å². The van der Waals surface area contributed by atoms with Crippen molar-refractivity contribution in [3.63, 3.8) is 0 Å². The van der Waals surface area contributed by atoms with Gasteiger partial charge < -0.3 is 25.2 Å². The fourth-order valence-electron chi connectivity index (χ4n) is 6.61. The number of ketones is 1. The normalized spacial score (nSPS) is 21.3. The number of aromatic nitrogens is 3. The van der Waals surface area contributed by atoms with Crippen LogP contribution in [-0.4, -0.2) is 44.0 Å². The maximum Gasteiger partial charge on any atom is 0.274 e. The molecule has 2 aliphatic carbocycles. The van der Waals surface area contributed by atoms with Crippen LogP contribution in [0.3, 0.4) is 0 Å². The second-order valence-electron chi connectivity index (χ2n) is 10.6. The lowest BCUT2D eigenvalue weighted by molar-refractivity contribution is 0.0806. The Bertz CT molecular complexity index is 1870. The summed E-state index contributed by atoms with van der Waals surface area (Å²) in [5.41, 5.74) is 6.67. The summed E-state index contributed by atoms with van der Waals surface area (Å²) >= 11 is 0. The summed E-state index contributed by atoms with van der Waals surface area (Å²) < 4.78 is 0. The molecule has 5 aromatic rings. The zero-order valence-corrected chi connectivity index (χ0v) is 20.5. The first-order chi connectivity index (χ1) is 18.4. The lowest BCUT2D eigenvalue weighted by Gasteiger charge is -2.28. The number of nitrogens with zero attached hydrogens (tertiary/aromatic N) is 1. The van der Waals surface area contributed by atoms with Crippen LogP contribution in [0.2, 0.25) is 0 Å². The Kier molecular flexibility index (Phi) is 3.99. The van der Waals surface area contributed by atoms with Crippen molar-refractivity contribution in [3.05, 3.63) is 101 Å². The number of benzene rings is 2. The number of carbonyl (C=O) groups is 3. The molecule has 3 aliphatic rings. The Labute approximate surface area is 216 Å². The molecular weight excluding hydrogens is 478 g/mol. The van der Waals surface area contributed by atoms with Crippen molar-refractivity contribution in [1.82, 2.24) is 19.9 Å². The highest BCUT2D eigenvalue weighted by Crippen LogP contribution is 2.67. The van der Waals surface area contributed by atoms with Crippen LogP contribution in [0.4, 0.5) is 5.69 Å². The van der Waals surface area contributed by atoms with E-state index < -0.39 is 0 Å². The first-order valence-electron chi connectivity index (χ1n) is 12.7. The number of likely N-dealkylation sites (tertiary alicyclic amines) is 1. The van der Waals surface area contributed by atoms with Crippen molar-refractivity contribution in [2.24, 2.45) is 5.92 Å². The maximum atomic E-state index is 13.7. The van der Waals surface area contributed by atoms with E-state index >= 15 is 0 Å². The second-order valence-corrected chi connectivity index (χ2v) is 10.6. The summed E-state index contributed by atoms with van der Waals surface area (Å²) in [4.78, 5) is 50.6. The summed E-state index contributed by atoms with van der Waals surface area (Å²) in [6, 6.07) is 16.9. The van der Waals surface area contributed by atoms with Gasteiger partial charge in [0.15, 0.2) is 0 Å². The minimum atomic E-state index is -0.234. The van der Waals surface area contributed by atoms with Crippen LogP contribution in [0.25, 0.3) is 21.8 Å². The molecule has 0 unspecified atom stereocenters. The number of piperidine rings is 1. The number of para-hydroxylation sites is 1. The van der Waals surface area contributed by atoms with E-state index in [1.165, 1.54) is 0 Å². The van der Waals surface area contributed by atoms with E-state index in [-0.39, 0.29) is 23.0 Å². The highest BCUT2D eigenvalue weighted by Gasteiger charge is 2.68. The smallest absolute Gasteiger partial charge is 0.274 e. The topological polar surface area (TPSA) is 114 Å². The third-order valence-corrected chi connectivity index (χ3v) is 8.42. The van der Waals surface area contributed by atoms with E-state index in [1.54, 1.807) is 11.0 Å². The van der Waals surface area contributed by atoms with Crippen LogP contribution in [-0.2, 0) is 5.41 Å². The number of H-pyrrole nitrogens is 3. The standard InChI is InChI=1S/C30H23N5O3/c1-15-13-31-27-24(36)11-25-30(26(15)27)12-18(30)14-35(25)29(38)23-10-17-8-19(6-7-21(17)34-23)32-28(37)22-9-16-4-2-3-5-20(16)33-22/h2-11,13,18,31,33-34H,12,14H2,1H3,(H,32,37)/t18-,30+/m1/s1. The fraction of sp³-hybridized carbons (Fsp3) is 0.167. The molecule has 4 heterocycles. The first-order valence-corrected chi connectivity index (χ1v) is 12.7. The molecule has 8 nitrogen and oxygen atoms in total. The third-order valence-electron chi connectivity index (χ3n) is 8.42. The van der Waals surface area contributed by atoms with Crippen molar-refractivity contribution >= 4 is 45.1 Å². The number of hydrogen-bond donors (Lipinski definition) is 4. The van der Waals surface area contributed by atoms with Crippen LogP contribution in [0.15, 0.2) is 72.6 Å². The van der Waals surface area contributed by atoms with E-state index in [0.29, 0.717) is 35.2 Å². The van der Waals surface area contributed by atoms with Gasteiger partial charge in [-0.05, 0) is 66.8 Å².